The van der Waals surface area contributed by atoms with Gasteiger partial charge in [0.05, 0.1) is 23.8 Å². The molecule has 1 saturated heterocycles. The van der Waals surface area contributed by atoms with Gasteiger partial charge in [-0.2, -0.15) is 0 Å². The third kappa shape index (κ3) is 3.11. The Hall–Kier alpha value is -1.25. The molecule has 1 atom stereocenters. The van der Waals surface area contributed by atoms with Crippen LogP contribution in [0.25, 0.3) is 0 Å². The molecular formula is C14H23N3. The van der Waals surface area contributed by atoms with Crippen LogP contribution >= 0.6 is 0 Å². The van der Waals surface area contributed by atoms with Gasteiger partial charge in [0.2, 0.25) is 0 Å². The molecule has 0 bridgehead atoms. The molecule has 0 amide bonds. The molecule has 1 aliphatic rings. The molecule has 1 aromatic rings. The zero-order valence-corrected chi connectivity index (χ0v) is 10.9. The third-order valence-electron chi connectivity index (χ3n) is 3.53. The first-order chi connectivity index (χ1) is 8.33. The lowest BCUT2D eigenvalue weighted by atomic mass is 10.1. The second kappa shape index (κ2) is 5.89. The summed E-state index contributed by atoms with van der Waals surface area (Å²) in [6.07, 6.45) is 7.65. The summed E-state index contributed by atoms with van der Waals surface area (Å²) >= 11 is 0. The minimum atomic E-state index is 0.863. The highest BCUT2D eigenvalue weighted by molar-refractivity contribution is 5.56. The van der Waals surface area contributed by atoms with Gasteiger partial charge >= 0.3 is 0 Å². The van der Waals surface area contributed by atoms with Gasteiger partial charge in [0, 0.05) is 19.6 Å². The Labute approximate surface area is 104 Å². The van der Waals surface area contributed by atoms with E-state index in [1.54, 1.807) is 0 Å². The highest BCUT2D eigenvalue weighted by atomic mass is 15.2. The van der Waals surface area contributed by atoms with Crippen LogP contribution in [0.2, 0.25) is 0 Å². The van der Waals surface area contributed by atoms with Crippen LogP contribution in [0.4, 0.5) is 11.4 Å². The number of aromatic nitrogens is 1. The van der Waals surface area contributed by atoms with E-state index < -0.39 is 0 Å². The average molecular weight is 233 g/mol. The quantitative estimate of drug-likeness (QED) is 0.847. The summed E-state index contributed by atoms with van der Waals surface area (Å²) in [5.41, 5.74) is 2.41. The molecule has 0 aliphatic carbocycles. The summed E-state index contributed by atoms with van der Waals surface area (Å²) in [5.74, 6) is 0.863. The highest BCUT2D eigenvalue weighted by Crippen LogP contribution is 2.26. The van der Waals surface area contributed by atoms with Gasteiger partial charge in [-0.3, -0.25) is 4.98 Å². The van der Waals surface area contributed by atoms with Crippen molar-refractivity contribution in [2.45, 2.75) is 33.1 Å². The zero-order chi connectivity index (χ0) is 12.1. The van der Waals surface area contributed by atoms with Crippen molar-refractivity contribution in [3.63, 3.8) is 0 Å². The summed E-state index contributed by atoms with van der Waals surface area (Å²) in [5, 5.41) is 3.39. The third-order valence-corrected chi connectivity index (χ3v) is 3.53. The Morgan fingerprint density at radius 1 is 1.41 bits per heavy atom. The van der Waals surface area contributed by atoms with Crippen molar-refractivity contribution in [3.05, 3.63) is 18.5 Å². The lowest BCUT2D eigenvalue weighted by Gasteiger charge is -2.19. The largest absolute Gasteiger partial charge is 0.384 e. The fourth-order valence-corrected chi connectivity index (χ4v) is 2.37. The van der Waals surface area contributed by atoms with Gasteiger partial charge in [-0.05, 0) is 24.8 Å². The van der Waals surface area contributed by atoms with Gasteiger partial charge in [-0.25, -0.2) is 0 Å². The molecule has 3 nitrogen and oxygen atoms in total. The first kappa shape index (κ1) is 12.2. The predicted octanol–water partition coefficient (Wildman–Crippen LogP) is 3.14. The van der Waals surface area contributed by atoms with Crippen LogP contribution in [-0.4, -0.2) is 24.6 Å². The van der Waals surface area contributed by atoms with E-state index in [0.717, 1.165) is 24.6 Å². The van der Waals surface area contributed by atoms with Crippen LogP contribution in [0.15, 0.2) is 18.5 Å². The number of pyridine rings is 1. The van der Waals surface area contributed by atoms with E-state index in [4.69, 9.17) is 0 Å². The maximum Gasteiger partial charge on any atom is 0.0573 e. The van der Waals surface area contributed by atoms with Gasteiger partial charge in [-0.15, -0.1) is 0 Å². The fourth-order valence-electron chi connectivity index (χ4n) is 2.37. The molecule has 2 rings (SSSR count). The summed E-state index contributed by atoms with van der Waals surface area (Å²) < 4.78 is 0. The van der Waals surface area contributed by atoms with Crippen molar-refractivity contribution in [3.8, 4) is 0 Å². The van der Waals surface area contributed by atoms with Crippen molar-refractivity contribution in [2.24, 2.45) is 5.92 Å². The van der Waals surface area contributed by atoms with E-state index in [1.165, 1.54) is 31.6 Å². The molecule has 17 heavy (non-hydrogen) atoms. The Balaban J connectivity index is 2.01. The van der Waals surface area contributed by atoms with Crippen LogP contribution in [0.3, 0.4) is 0 Å². The van der Waals surface area contributed by atoms with E-state index >= 15 is 0 Å². The molecule has 0 saturated carbocycles. The van der Waals surface area contributed by atoms with Crippen LogP contribution in [-0.2, 0) is 0 Å². The normalized spacial score (nSPS) is 19.6. The highest BCUT2D eigenvalue weighted by Gasteiger charge is 2.21. The molecule has 1 aliphatic heterocycles. The van der Waals surface area contributed by atoms with E-state index in [9.17, 15) is 0 Å². The molecule has 94 valence electrons. The first-order valence-corrected chi connectivity index (χ1v) is 6.77. The molecular weight excluding hydrogens is 210 g/mol. The van der Waals surface area contributed by atoms with Gasteiger partial charge in [-0.1, -0.05) is 20.3 Å². The van der Waals surface area contributed by atoms with E-state index in [0.29, 0.717) is 0 Å². The van der Waals surface area contributed by atoms with E-state index in [1.807, 2.05) is 12.4 Å². The van der Waals surface area contributed by atoms with Crippen molar-refractivity contribution < 1.29 is 0 Å². The fraction of sp³-hybridized carbons (Fsp3) is 0.643. The van der Waals surface area contributed by atoms with Gasteiger partial charge in [0.1, 0.15) is 0 Å². The van der Waals surface area contributed by atoms with Crippen molar-refractivity contribution in [1.82, 2.24) is 4.98 Å². The Kier molecular flexibility index (Phi) is 4.24. The number of anilines is 2. The maximum atomic E-state index is 4.33. The summed E-state index contributed by atoms with van der Waals surface area (Å²) in [6.45, 7) is 7.85. The van der Waals surface area contributed by atoms with Crippen LogP contribution in [0, 0.1) is 5.92 Å². The predicted molar refractivity (Wildman–Crippen MR) is 73.6 cm³/mol. The number of hydrogen-bond acceptors (Lipinski definition) is 3. The monoisotopic (exact) mass is 233 g/mol. The summed E-state index contributed by atoms with van der Waals surface area (Å²) in [6, 6.07) is 2.22. The SMILES string of the molecule is CCCNc1cncc(N2CCC(CC)C2)c1. The Bertz CT molecular complexity index is 351. The van der Waals surface area contributed by atoms with Gasteiger partial charge < -0.3 is 10.2 Å². The molecule has 2 heterocycles. The number of nitrogens with one attached hydrogen (secondary N) is 1. The Morgan fingerprint density at radius 2 is 2.29 bits per heavy atom. The lowest BCUT2D eigenvalue weighted by Crippen LogP contribution is -2.19. The topological polar surface area (TPSA) is 28.2 Å². The number of rotatable bonds is 5. The number of nitrogens with zero attached hydrogens (tertiary/aromatic N) is 2. The molecule has 3 heteroatoms. The van der Waals surface area contributed by atoms with Crippen molar-refractivity contribution in [2.75, 3.05) is 29.9 Å². The smallest absolute Gasteiger partial charge is 0.0573 e. The molecule has 0 spiro atoms. The van der Waals surface area contributed by atoms with E-state index in [-0.39, 0.29) is 0 Å². The Morgan fingerprint density at radius 3 is 3.00 bits per heavy atom. The van der Waals surface area contributed by atoms with Crippen molar-refractivity contribution in [1.29, 1.82) is 0 Å². The summed E-state index contributed by atoms with van der Waals surface area (Å²) in [4.78, 5) is 6.79. The maximum absolute atomic E-state index is 4.33. The van der Waals surface area contributed by atoms with Crippen LogP contribution in [0.1, 0.15) is 33.1 Å². The second-order valence-corrected chi connectivity index (χ2v) is 4.87. The van der Waals surface area contributed by atoms with Gasteiger partial charge in [0.15, 0.2) is 0 Å². The molecule has 1 fully saturated rings. The molecule has 1 N–H and O–H groups in total. The molecule has 0 aromatic carbocycles. The first-order valence-electron chi connectivity index (χ1n) is 6.77. The van der Waals surface area contributed by atoms with Gasteiger partial charge in [0.25, 0.3) is 0 Å². The molecule has 1 aromatic heterocycles. The minimum absolute atomic E-state index is 0.863. The van der Waals surface area contributed by atoms with Crippen molar-refractivity contribution >= 4 is 11.4 Å². The summed E-state index contributed by atoms with van der Waals surface area (Å²) in [7, 11) is 0. The van der Waals surface area contributed by atoms with Crippen LogP contribution in [0.5, 0.6) is 0 Å². The van der Waals surface area contributed by atoms with Crippen LogP contribution < -0.4 is 10.2 Å². The standard InChI is InChI=1S/C14H23N3/c1-3-6-16-13-8-14(10-15-9-13)17-7-5-12(4-2)11-17/h8-10,12,16H,3-7,11H2,1-2H3. The average Bonchev–Trinajstić information content (AvgIpc) is 2.85. The second-order valence-electron chi connectivity index (χ2n) is 4.87. The molecule has 0 radical (unpaired) electrons. The van der Waals surface area contributed by atoms with E-state index in [2.05, 4.69) is 35.1 Å². The minimum Gasteiger partial charge on any atom is -0.384 e. The number of hydrogen-bond donors (Lipinski definition) is 1. The zero-order valence-electron chi connectivity index (χ0n) is 10.9. The lowest BCUT2D eigenvalue weighted by molar-refractivity contribution is 0.569. The molecule has 1 unspecified atom stereocenters.